The molecule has 1 aromatic carbocycles. The summed E-state index contributed by atoms with van der Waals surface area (Å²) in [6.07, 6.45) is 3.85. The number of amides is 1. The van der Waals surface area contributed by atoms with Crippen LogP contribution in [0.2, 0.25) is 0 Å². The van der Waals surface area contributed by atoms with E-state index in [9.17, 15) is 9.59 Å². The molecule has 0 fully saturated rings. The standard InChI is InChI=1S/C17H23NO4/c1-5-12(2)16(17(20)22-4)18-15(19)11-8-13-6-9-14(21-3)10-7-13/h6-12,16H,5H2,1-4H3,(H,18,19). The molecular formula is C17H23NO4. The highest BCUT2D eigenvalue weighted by Gasteiger charge is 2.25. The molecule has 2 atom stereocenters. The van der Waals surface area contributed by atoms with Gasteiger partial charge in [0, 0.05) is 6.08 Å². The summed E-state index contributed by atoms with van der Waals surface area (Å²) in [5, 5.41) is 2.69. The SMILES string of the molecule is CCC(C)C(NC(=O)C=Cc1ccc(OC)cc1)C(=O)OC. The van der Waals surface area contributed by atoms with Gasteiger partial charge < -0.3 is 14.8 Å². The monoisotopic (exact) mass is 305 g/mol. The van der Waals surface area contributed by atoms with E-state index in [1.807, 2.05) is 38.1 Å². The number of carbonyl (C=O) groups excluding carboxylic acids is 2. The highest BCUT2D eigenvalue weighted by atomic mass is 16.5. The molecule has 120 valence electrons. The van der Waals surface area contributed by atoms with E-state index in [-0.39, 0.29) is 11.8 Å². The predicted molar refractivity (Wildman–Crippen MR) is 85.4 cm³/mol. The summed E-state index contributed by atoms with van der Waals surface area (Å²) in [5.41, 5.74) is 0.870. The van der Waals surface area contributed by atoms with Gasteiger partial charge in [0.05, 0.1) is 14.2 Å². The number of methoxy groups -OCH3 is 2. The normalized spacial score (nSPS) is 13.5. The fourth-order valence-electron chi connectivity index (χ4n) is 1.88. The lowest BCUT2D eigenvalue weighted by atomic mass is 9.99. The Morgan fingerprint density at radius 2 is 1.86 bits per heavy atom. The van der Waals surface area contributed by atoms with Crippen molar-refractivity contribution in [2.24, 2.45) is 5.92 Å². The molecule has 22 heavy (non-hydrogen) atoms. The second-order valence-electron chi connectivity index (χ2n) is 5.00. The third kappa shape index (κ3) is 5.24. The second kappa shape index (κ2) is 8.87. The van der Waals surface area contributed by atoms with Crippen LogP contribution in [-0.4, -0.2) is 32.1 Å². The molecule has 0 bridgehead atoms. The molecule has 0 aromatic heterocycles. The van der Waals surface area contributed by atoms with Crippen molar-refractivity contribution in [2.75, 3.05) is 14.2 Å². The summed E-state index contributed by atoms with van der Waals surface area (Å²) in [4.78, 5) is 23.7. The van der Waals surface area contributed by atoms with Crippen molar-refractivity contribution >= 4 is 18.0 Å². The fraction of sp³-hybridized carbons (Fsp3) is 0.412. The molecule has 0 aliphatic rings. The minimum absolute atomic E-state index is 0.00536. The summed E-state index contributed by atoms with van der Waals surface area (Å²) < 4.78 is 9.80. The van der Waals surface area contributed by atoms with Crippen molar-refractivity contribution in [2.45, 2.75) is 26.3 Å². The molecular weight excluding hydrogens is 282 g/mol. The zero-order chi connectivity index (χ0) is 16.5. The molecule has 0 aliphatic heterocycles. The van der Waals surface area contributed by atoms with Crippen LogP contribution in [0.15, 0.2) is 30.3 Å². The van der Waals surface area contributed by atoms with Crippen molar-refractivity contribution in [1.82, 2.24) is 5.32 Å². The number of ether oxygens (including phenoxy) is 2. The van der Waals surface area contributed by atoms with Gasteiger partial charge in [0.25, 0.3) is 0 Å². The van der Waals surface area contributed by atoms with Gasteiger partial charge >= 0.3 is 5.97 Å². The van der Waals surface area contributed by atoms with E-state index in [0.717, 1.165) is 17.7 Å². The molecule has 0 aliphatic carbocycles. The fourth-order valence-corrected chi connectivity index (χ4v) is 1.88. The molecule has 0 radical (unpaired) electrons. The van der Waals surface area contributed by atoms with Crippen molar-refractivity contribution in [3.05, 3.63) is 35.9 Å². The first-order valence-electron chi connectivity index (χ1n) is 7.22. The zero-order valence-corrected chi connectivity index (χ0v) is 13.5. The lowest BCUT2D eigenvalue weighted by Gasteiger charge is -2.20. The highest BCUT2D eigenvalue weighted by molar-refractivity contribution is 5.94. The number of hydrogen-bond acceptors (Lipinski definition) is 4. The van der Waals surface area contributed by atoms with Gasteiger partial charge in [-0.15, -0.1) is 0 Å². The van der Waals surface area contributed by atoms with Gasteiger partial charge in [-0.3, -0.25) is 4.79 Å². The van der Waals surface area contributed by atoms with Crippen LogP contribution < -0.4 is 10.1 Å². The third-order valence-corrected chi connectivity index (χ3v) is 3.51. The first kappa shape index (κ1) is 17.8. The average molecular weight is 305 g/mol. The Bertz CT molecular complexity index is 522. The molecule has 2 unspecified atom stereocenters. The minimum atomic E-state index is -0.636. The van der Waals surface area contributed by atoms with Crippen LogP contribution >= 0.6 is 0 Å². The second-order valence-corrected chi connectivity index (χ2v) is 5.00. The number of benzene rings is 1. The smallest absolute Gasteiger partial charge is 0.328 e. The lowest BCUT2D eigenvalue weighted by molar-refractivity contribution is -0.146. The number of carbonyl (C=O) groups is 2. The molecule has 5 heteroatoms. The van der Waals surface area contributed by atoms with Crippen LogP contribution in [0.4, 0.5) is 0 Å². The maximum atomic E-state index is 12.0. The molecule has 1 aromatic rings. The Morgan fingerprint density at radius 3 is 2.36 bits per heavy atom. The Morgan fingerprint density at radius 1 is 1.23 bits per heavy atom. The molecule has 0 saturated carbocycles. The van der Waals surface area contributed by atoms with E-state index < -0.39 is 12.0 Å². The quantitative estimate of drug-likeness (QED) is 0.620. The van der Waals surface area contributed by atoms with Crippen molar-refractivity contribution < 1.29 is 19.1 Å². The largest absolute Gasteiger partial charge is 0.497 e. The number of nitrogens with one attached hydrogen (secondary N) is 1. The van der Waals surface area contributed by atoms with Crippen molar-refractivity contribution in [3.63, 3.8) is 0 Å². The van der Waals surface area contributed by atoms with E-state index in [2.05, 4.69) is 5.32 Å². The van der Waals surface area contributed by atoms with E-state index in [1.54, 1.807) is 13.2 Å². The molecule has 1 N–H and O–H groups in total. The van der Waals surface area contributed by atoms with Crippen LogP contribution in [0.5, 0.6) is 5.75 Å². The number of hydrogen-bond donors (Lipinski definition) is 1. The first-order chi connectivity index (χ1) is 10.5. The Hall–Kier alpha value is -2.30. The van der Waals surface area contributed by atoms with E-state index in [0.29, 0.717) is 0 Å². The van der Waals surface area contributed by atoms with Crippen molar-refractivity contribution in [3.8, 4) is 5.75 Å². The maximum absolute atomic E-state index is 12.0. The molecule has 5 nitrogen and oxygen atoms in total. The third-order valence-electron chi connectivity index (χ3n) is 3.51. The Balaban J connectivity index is 2.69. The molecule has 1 rings (SSSR count). The molecule has 1 amide bonds. The van der Waals surface area contributed by atoms with Gasteiger partial charge in [-0.25, -0.2) is 4.79 Å². The van der Waals surface area contributed by atoms with Crippen LogP contribution in [0.3, 0.4) is 0 Å². The van der Waals surface area contributed by atoms with Gasteiger partial charge in [0.2, 0.25) is 5.91 Å². The zero-order valence-electron chi connectivity index (χ0n) is 13.5. The minimum Gasteiger partial charge on any atom is -0.497 e. The van der Waals surface area contributed by atoms with Crippen LogP contribution in [0.1, 0.15) is 25.8 Å². The Labute approximate surface area is 131 Å². The maximum Gasteiger partial charge on any atom is 0.328 e. The highest BCUT2D eigenvalue weighted by Crippen LogP contribution is 2.12. The summed E-state index contributed by atoms with van der Waals surface area (Å²) in [6, 6.07) is 6.68. The predicted octanol–water partition coefficient (Wildman–Crippen LogP) is 2.41. The topological polar surface area (TPSA) is 64.6 Å². The van der Waals surface area contributed by atoms with Gasteiger partial charge in [0.15, 0.2) is 0 Å². The van der Waals surface area contributed by atoms with Crippen LogP contribution in [0, 0.1) is 5.92 Å². The molecule has 0 saturated heterocycles. The molecule has 0 spiro atoms. The summed E-state index contributed by atoms with van der Waals surface area (Å²) in [6.45, 7) is 3.86. The van der Waals surface area contributed by atoms with E-state index >= 15 is 0 Å². The molecule has 0 heterocycles. The van der Waals surface area contributed by atoms with Gasteiger partial charge in [0.1, 0.15) is 11.8 Å². The number of esters is 1. The Kier molecular flexibility index (Phi) is 7.16. The summed E-state index contributed by atoms with van der Waals surface area (Å²) in [7, 11) is 2.91. The number of rotatable bonds is 7. The van der Waals surface area contributed by atoms with Crippen molar-refractivity contribution in [1.29, 1.82) is 0 Å². The van der Waals surface area contributed by atoms with E-state index in [4.69, 9.17) is 9.47 Å². The van der Waals surface area contributed by atoms with Crippen LogP contribution in [0.25, 0.3) is 6.08 Å². The summed E-state index contributed by atoms with van der Waals surface area (Å²) in [5.74, 6) is 0.00183. The summed E-state index contributed by atoms with van der Waals surface area (Å²) >= 11 is 0. The van der Waals surface area contributed by atoms with E-state index in [1.165, 1.54) is 13.2 Å². The van der Waals surface area contributed by atoms with Gasteiger partial charge in [-0.2, -0.15) is 0 Å². The van der Waals surface area contributed by atoms with Crippen LogP contribution in [-0.2, 0) is 14.3 Å². The van der Waals surface area contributed by atoms with Gasteiger partial charge in [-0.05, 0) is 29.7 Å². The van der Waals surface area contributed by atoms with Gasteiger partial charge in [-0.1, -0.05) is 32.4 Å². The first-order valence-corrected chi connectivity index (χ1v) is 7.22. The lowest BCUT2D eigenvalue weighted by Crippen LogP contribution is -2.45. The average Bonchev–Trinajstić information content (AvgIpc) is 2.56.